The van der Waals surface area contributed by atoms with E-state index in [1.165, 1.54) is 6.08 Å². The highest BCUT2D eigenvalue weighted by Crippen LogP contribution is 2.16. The zero-order valence-corrected chi connectivity index (χ0v) is 7.38. The molecule has 0 radical (unpaired) electrons. The van der Waals surface area contributed by atoms with Crippen molar-refractivity contribution in [1.29, 1.82) is 0 Å². The Morgan fingerprint density at radius 3 is 1.70 bits per heavy atom. The summed E-state index contributed by atoms with van der Waals surface area (Å²) < 4.78 is 0. The summed E-state index contributed by atoms with van der Waals surface area (Å²) in [6, 6.07) is 0. The molecule has 0 saturated heterocycles. The molecule has 0 atom stereocenters. The van der Waals surface area contributed by atoms with Crippen molar-refractivity contribution >= 4 is 40.9 Å². The minimum Gasteiger partial charge on any atom is -0.211 e. The van der Waals surface area contributed by atoms with Crippen LogP contribution in [0.4, 0.5) is 0 Å². The normalized spacial score (nSPS) is 10.7. The van der Waals surface area contributed by atoms with Gasteiger partial charge in [-0.15, -0.1) is 34.8 Å². The standard InChI is InChI=1S/C5H6Cl3NO/c6-1-5(2-7,3-8)9-4-10/h1-3H2. The molecule has 58 valence electrons. The quantitative estimate of drug-likeness (QED) is 0.388. The van der Waals surface area contributed by atoms with Crippen LogP contribution in [0.25, 0.3) is 0 Å². The average molecular weight is 202 g/mol. The summed E-state index contributed by atoms with van der Waals surface area (Å²) >= 11 is 16.4. The first-order valence-corrected chi connectivity index (χ1v) is 4.12. The van der Waals surface area contributed by atoms with E-state index in [4.69, 9.17) is 34.8 Å². The number of rotatable bonds is 4. The third-order valence-electron chi connectivity index (χ3n) is 1.03. The largest absolute Gasteiger partial charge is 0.235 e. The second-order valence-electron chi connectivity index (χ2n) is 1.83. The predicted octanol–water partition coefficient (Wildman–Crippen LogP) is 1.78. The first-order valence-electron chi connectivity index (χ1n) is 2.51. The SMILES string of the molecule is O=C=NC(CCl)(CCl)CCl. The van der Waals surface area contributed by atoms with Crippen LogP contribution in [0.3, 0.4) is 0 Å². The fourth-order valence-corrected chi connectivity index (χ4v) is 1.33. The maximum Gasteiger partial charge on any atom is 0.235 e. The maximum atomic E-state index is 9.83. The summed E-state index contributed by atoms with van der Waals surface area (Å²) in [5.74, 6) is 0.403. The molecule has 5 heteroatoms. The van der Waals surface area contributed by atoms with E-state index in [1.807, 2.05) is 0 Å². The molecule has 0 saturated carbocycles. The highest BCUT2D eigenvalue weighted by Gasteiger charge is 2.26. The third-order valence-corrected chi connectivity index (χ3v) is 2.52. The van der Waals surface area contributed by atoms with Crippen molar-refractivity contribution in [3.05, 3.63) is 0 Å². The van der Waals surface area contributed by atoms with Crippen LogP contribution in [0.15, 0.2) is 4.99 Å². The average Bonchev–Trinajstić information content (AvgIpc) is 2.01. The van der Waals surface area contributed by atoms with Crippen molar-refractivity contribution in [3.63, 3.8) is 0 Å². The Bertz CT molecular complexity index is 132. The monoisotopic (exact) mass is 201 g/mol. The molecule has 0 amide bonds. The van der Waals surface area contributed by atoms with Gasteiger partial charge in [-0.25, -0.2) is 4.79 Å². The highest BCUT2D eigenvalue weighted by atomic mass is 35.5. The molecule has 0 heterocycles. The Hall–Kier alpha value is 0.250. The molecule has 0 aliphatic carbocycles. The Kier molecular flexibility index (Phi) is 5.10. The first kappa shape index (κ1) is 10.2. The summed E-state index contributed by atoms with van der Waals surface area (Å²) in [7, 11) is 0. The number of isocyanates is 1. The number of carbonyl (C=O) groups excluding carboxylic acids is 1. The van der Waals surface area contributed by atoms with E-state index in [0.29, 0.717) is 0 Å². The molecule has 0 aliphatic rings. The summed E-state index contributed by atoms with van der Waals surface area (Å²) in [5.41, 5.74) is -0.827. The Morgan fingerprint density at radius 2 is 1.60 bits per heavy atom. The Labute approximate surface area is 74.2 Å². The molecule has 0 unspecified atom stereocenters. The minimum atomic E-state index is -0.827. The van der Waals surface area contributed by atoms with Gasteiger partial charge in [0.1, 0.15) is 5.54 Å². The minimum absolute atomic E-state index is 0.134. The molecule has 0 bridgehead atoms. The number of hydrogen-bond acceptors (Lipinski definition) is 2. The van der Waals surface area contributed by atoms with Crippen LogP contribution in [0.1, 0.15) is 0 Å². The van der Waals surface area contributed by atoms with E-state index >= 15 is 0 Å². The molecular formula is C5H6Cl3NO. The number of nitrogens with zero attached hydrogens (tertiary/aromatic N) is 1. The van der Waals surface area contributed by atoms with Gasteiger partial charge in [0.05, 0.1) is 17.6 Å². The Morgan fingerprint density at radius 1 is 1.20 bits per heavy atom. The lowest BCUT2D eigenvalue weighted by Gasteiger charge is -2.18. The van der Waals surface area contributed by atoms with Gasteiger partial charge in [0.2, 0.25) is 6.08 Å². The molecule has 0 aliphatic heterocycles. The highest BCUT2D eigenvalue weighted by molar-refractivity contribution is 6.25. The van der Waals surface area contributed by atoms with Gasteiger partial charge in [-0.05, 0) is 0 Å². The number of halogens is 3. The lowest BCUT2D eigenvalue weighted by molar-refractivity contribution is 0.541. The van der Waals surface area contributed by atoms with Crippen molar-refractivity contribution < 1.29 is 4.79 Å². The fraction of sp³-hybridized carbons (Fsp3) is 0.800. The summed E-state index contributed by atoms with van der Waals surface area (Å²) in [6.45, 7) is 0. The molecule has 0 N–H and O–H groups in total. The van der Waals surface area contributed by atoms with Crippen LogP contribution >= 0.6 is 34.8 Å². The summed E-state index contributed by atoms with van der Waals surface area (Å²) in [6.07, 6.45) is 1.38. The third kappa shape index (κ3) is 2.47. The van der Waals surface area contributed by atoms with E-state index in [2.05, 4.69) is 4.99 Å². The lowest BCUT2D eigenvalue weighted by Crippen LogP contribution is -2.33. The zero-order valence-electron chi connectivity index (χ0n) is 5.11. The van der Waals surface area contributed by atoms with Crippen molar-refractivity contribution in [3.8, 4) is 0 Å². The Balaban J connectivity index is 4.29. The van der Waals surface area contributed by atoms with Gasteiger partial charge in [0.15, 0.2) is 0 Å². The van der Waals surface area contributed by atoms with Crippen LogP contribution in [0, 0.1) is 0 Å². The number of alkyl halides is 3. The molecule has 0 rings (SSSR count). The van der Waals surface area contributed by atoms with Gasteiger partial charge >= 0.3 is 0 Å². The van der Waals surface area contributed by atoms with E-state index < -0.39 is 5.54 Å². The van der Waals surface area contributed by atoms with Crippen molar-refractivity contribution in [2.24, 2.45) is 4.99 Å². The van der Waals surface area contributed by atoms with Crippen molar-refractivity contribution in [1.82, 2.24) is 0 Å². The van der Waals surface area contributed by atoms with Crippen LogP contribution in [-0.4, -0.2) is 29.3 Å². The smallest absolute Gasteiger partial charge is 0.211 e. The second kappa shape index (κ2) is 4.97. The van der Waals surface area contributed by atoms with E-state index in [-0.39, 0.29) is 17.6 Å². The first-order chi connectivity index (χ1) is 4.74. The van der Waals surface area contributed by atoms with Crippen LogP contribution in [0.2, 0.25) is 0 Å². The number of aliphatic imine (C=N–C) groups is 1. The van der Waals surface area contributed by atoms with Gasteiger partial charge < -0.3 is 0 Å². The van der Waals surface area contributed by atoms with Gasteiger partial charge in [-0.1, -0.05) is 0 Å². The van der Waals surface area contributed by atoms with Gasteiger partial charge in [-0.2, -0.15) is 4.99 Å². The molecule has 0 aromatic carbocycles. The summed E-state index contributed by atoms with van der Waals surface area (Å²) in [4.78, 5) is 13.2. The number of hydrogen-bond donors (Lipinski definition) is 0. The van der Waals surface area contributed by atoms with Crippen LogP contribution < -0.4 is 0 Å². The molecule has 0 fully saturated rings. The fourth-order valence-electron chi connectivity index (χ4n) is 0.294. The van der Waals surface area contributed by atoms with Crippen LogP contribution in [-0.2, 0) is 4.79 Å². The molecular weight excluding hydrogens is 196 g/mol. The van der Waals surface area contributed by atoms with E-state index in [9.17, 15) is 4.79 Å². The lowest BCUT2D eigenvalue weighted by atomic mass is 10.1. The molecule has 0 aromatic rings. The van der Waals surface area contributed by atoms with Gasteiger partial charge in [0, 0.05) is 0 Å². The molecule has 10 heavy (non-hydrogen) atoms. The van der Waals surface area contributed by atoms with E-state index in [1.54, 1.807) is 0 Å². The van der Waals surface area contributed by atoms with Crippen LogP contribution in [0.5, 0.6) is 0 Å². The second-order valence-corrected chi connectivity index (χ2v) is 2.63. The maximum absolute atomic E-state index is 9.83. The molecule has 0 aromatic heterocycles. The molecule has 0 spiro atoms. The topological polar surface area (TPSA) is 29.4 Å². The van der Waals surface area contributed by atoms with Gasteiger partial charge in [0.25, 0.3) is 0 Å². The molecule has 2 nitrogen and oxygen atoms in total. The summed E-state index contributed by atoms with van der Waals surface area (Å²) in [5, 5.41) is 0. The van der Waals surface area contributed by atoms with E-state index in [0.717, 1.165) is 0 Å². The van der Waals surface area contributed by atoms with Crippen molar-refractivity contribution in [2.45, 2.75) is 5.54 Å². The van der Waals surface area contributed by atoms with Crippen molar-refractivity contribution in [2.75, 3.05) is 17.6 Å². The zero-order chi connectivity index (χ0) is 8.04. The van der Waals surface area contributed by atoms with Gasteiger partial charge in [-0.3, -0.25) is 0 Å². The predicted molar refractivity (Wildman–Crippen MR) is 43.0 cm³/mol.